The smallest absolute Gasteiger partial charge is 0.0537 e. The zero-order chi connectivity index (χ0) is 13.7. The van der Waals surface area contributed by atoms with Crippen molar-refractivity contribution >= 4 is 0 Å². The normalized spacial score (nSPS) is 17.3. The van der Waals surface area contributed by atoms with Gasteiger partial charge in [0.15, 0.2) is 0 Å². The third-order valence-electron chi connectivity index (χ3n) is 4.09. The molecule has 3 heteroatoms. The Balaban J connectivity index is 2.13. The maximum atomic E-state index is 4.71. The van der Waals surface area contributed by atoms with Crippen molar-refractivity contribution in [3.8, 4) is 0 Å². The maximum Gasteiger partial charge on any atom is 0.0537 e. The van der Waals surface area contributed by atoms with Crippen molar-refractivity contribution in [1.29, 1.82) is 0 Å². The van der Waals surface area contributed by atoms with Gasteiger partial charge in [-0.3, -0.25) is 4.68 Å². The highest BCUT2D eigenvalue weighted by molar-refractivity contribution is 5.19. The molecule has 1 aliphatic rings. The van der Waals surface area contributed by atoms with Crippen LogP contribution in [-0.4, -0.2) is 15.8 Å². The summed E-state index contributed by atoms with van der Waals surface area (Å²) in [5.74, 6) is 0. The number of rotatable bonds is 6. The van der Waals surface area contributed by atoms with E-state index in [0.29, 0.717) is 12.1 Å². The molecule has 2 rings (SSSR count). The summed E-state index contributed by atoms with van der Waals surface area (Å²) in [6, 6.07) is 1.19. The fourth-order valence-corrected chi connectivity index (χ4v) is 3.04. The summed E-state index contributed by atoms with van der Waals surface area (Å²) in [4.78, 5) is 0. The summed E-state index contributed by atoms with van der Waals surface area (Å²) in [5.41, 5.74) is 2.88. The van der Waals surface area contributed by atoms with Gasteiger partial charge in [0.05, 0.1) is 12.2 Å². The van der Waals surface area contributed by atoms with E-state index < -0.39 is 0 Å². The van der Waals surface area contributed by atoms with Crippen LogP contribution in [0.1, 0.15) is 76.6 Å². The molecule has 1 aromatic heterocycles. The van der Waals surface area contributed by atoms with Crippen LogP contribution >= 0.6 is 0 Å². The summed E-state index contributed by atoms with van der Waals surface area (Å²) >= 11 is 0. The molecular formula is C16H29N3. The Morgan fingerprint density at radius 3 is 2.68 bits per heavy atom. The Morgan fingerprint density at radius 2 is 2.05 bits per heavy atom. The van der Waals surface area contributed by atoms with Crippen molar-refractivity contribution in [3.63, 3.8) is 0 Å². The lowest BCUT2D eigenvalue weighted by Gasteiger charge is -2.24. The van der Waals surface area contributed by atoms with Crippen LogP contribution in [0.25, 0.3) is 0 Å². The van der Waals surface area contributed by atoms with E-state index >= 15 is 0 Å². The van der Waals surface area contributed by atoms with Crippen molar-refractivity contribution in [2.24, 2.45) is 0 Å². The van der Waals surface area contributed by atoms with Gasteiger partial charge >= 0.3 is 0 Å². The zero-order valence-electron chi connectivity index (χ0n) is 12.8. The van der Waals surface area contributed by atoms with Gasteiger partial charge in [-0.05, 0) is 19.3 Å². The number of aromatic nitrogens is 2. The van der Waals surface area contributed by atoms with E-state index in [2.05, 4.69) is 37.0 Å². The summed E-state index contributed by atoms with van der Waals surface area (Å²) in [6.45, 7) is 7.62. The Morgan fingerprint density at radius 1 is 1.32 bits per heavy atom. The third-order valence-corrected chi connectivity index (χ3v) is 4.09. The maximum absolute atomic E-state index is 4.71. The Hall–Kier alpha value is -0.830. The molecule has 0 atom stereocenters. The molecule has 0 bridgehead atoms. The predicted octanol–water partition coefficient (Wildman–Crippen LogP) is 3.84. The van der Waals surface area contributed by atoms with E-state index in [1.165, 1.54) is 49.8 Å². The number of nitrogens with zero attached hydrogens (tertiary/aromatic N) is 2. The molecule has 1 N–H and O–H groups in total. The van der Waals surface area contributed by atoms with E-state index in [1.54, 1.807) is 0 Å². The average Bonchev–Trinajstić information content (AvgIpc) is 2.81. The molecule has 1 fully saturated rings. The molecule has 0 saturated heterocycles. The van der Waals surface area contributed by atoms with Gasteiger partial charge in [0.25, 0.3) is 0 Å². The molecular weight excluding hydrogens is 234 g/mol. The Labute approximate surface area is 117 Å². The first-order valence-corrected chi connectivity index (χ1v) is 8.01. The van der Waals surface area contributed by atoms with E-state index in [1.807, 2.05) is 0 Å². The number of hydrogen-bond donors (Lipinski definition) is 1. The lowest BCUT2D eigenvalue weighted by molar-refractivity contribution is 0.321. The highest BCUT2D eigenvalue weighted by Crippen LogP contribution is 2.29. The first-order valence-electron chi connectivity index (χ1n) is 8.01. The standard InChI is InChI=1S/C16H29N3/c1-4-8-16-14(11-17-13(2)3)12-18-19(16)15-9-6-5-7-10-15/h12-13,15,17H,4-11H2,1-3H3. The molecule has 0 aromatic carbocycles. The highest BCUT2D eigenvalue weighted by atomic mass is 15.3. The van der Waals surface area contributed by atoms with Gasteiger partial charge in [0.2, 0.25) is 0 Å². The van der Waals surface area contributed by atoms with Gasteiger partial charge in [0, 0.05) is 23.8 Å². The summed E-state index contributed by atoms with van der Waals surface area (Å²) in [5, 5.41) is 8.24. The van der Waals surface area contributed by atoms with Crippen LogP contribution in [0, 0.1) is 0 Å². The topological polar surface area (TPSA) is 29.9 Å². The third kappa shape index (κ3) is 3.82. The molecule has 0 amide bonds. The summed E-state index contributed by atoms with van der Waals surface area (Å²) in [6.07, 6.45) is 11.2. The molecule has 19 heavy (non-hydrogen) atoms. The van der Waals surface area contributed by atoms with Crippen LogP contribution in [0.15, 0.2) is 6.20 Å². The molecule has 0 aliphatic heterocycles. The molecule has 0 radical (unpaired) electrons. The lowest BCUT2D eigenvalue weighted by Crippen LogP contribution is -2.23. The fourth-order valence-electron chi connectivity index (χ4n) is 3.04. The molecule has 108 valence electrons. The summed E-state index contributed by atoms with van der Waals surface area (Å²) in [7, 11) is 0. The van der Waals surface area contributed by atoms with Crippen LogP contribution in [0.3, 0.4) is 0 Å². The largest absolute Gasteiger partial charge is 0.310 e. The van der Waals surface area contributed by atoms with Gasteiger partial charge in [-0.2, -0.15) is 5.10 Å². The van der Waals surface area contributed by atoms with Gasteiger partial charge in [-0.15, -0.1) is 0 Å². The van der Waals surface area contributed by atoms with E-state index in [-0.39, 0.29) is 0 Å². The van der Waals surface area contributed by atoms with Crippen molar-refractivity contribution in [1.82, 2.24) is 15.1 Å². The van der Waals surface area contributed by atoms with Crippen molar-refractivity contribution < 1.29 is 0 Å². The van der Waals surface area contributed by atoms with Crippen molar-refractivity contribution in [3.05, 3.63) is 17.5 Å². The minimum atomic E-state index is 0.535. The molecule has 3 nitrogen and oxygen atoms in total. The van der Waals surface area contributed by atoms with Gasteiger partial charge in [-0.1, -0.05) is 46.5 Å². The number of nitrogens with one attached hydrogen (secondary N) is 1. The highest BCUT2D eigenvalue weighted by Gasteiger charge is 2.20. The van der Waals surface area contributed by atoms with E-state index in [0.717, 1.165) is 13.0 Å². The van der Waals surface area contributed by atoms with Gasteiger partial charge in [0.1, 0.15) is 0 Å². The lowest BCUT2D eigenvalue weighted by atomic mass is 9.95. The predicted molar refractivity (Wildman–Crippen MR) is 80.3 cm³/mol. The second kappa shape index (κ2) is 7.09. The number of hydrogen-bond acceptors (Lipinski definition) is 2. The minimum absolute atomic E-state index is 0.535. The molecule has 0 unspecified atom stereocenters. The van der Waals surface area contributed by atoms with Crippen LogP contribution in [0.2, 0.25) is 0 Å². The van der Waals surface area contributed by atoms with Crippen LogP contribution < -0.4 is 5.32 Å². The fraction of sp³-hybridized carbons (Fsp3) is 0.812. The molecule has 1 aromatic rings. The van der Waals surface area contributed by atoms with Crippen molar-refractivity contribution in [2.45, 2.75) is 84.3 Å². The molecule has 1 saturated carbocycles. The molecule has 1 heterocycles. The molecule has 1 aliphatic carbocycles. The van der Waals surface area contributed by atoms with Gasteiger partial charge in [-0.25, -0.2) is 0 Å². The second-order valence-electron chi connectivity index (χ2n) is 6.14. The SMILES string of the molecule is CCCc1c(CNC(C)C)cnn1C1CCCCC1. The van der Waals surface area contributed by atoms with Gasteiger partial charge < -0.3 is 5.32 Å². The monoisotopic (exact) mass is 263 g/mol. The van der Waals surface area contributed by atoms with Crippen LogP contribution in [0.4, 0.5) is 0 Å². The van der Waals surface area contributed by atoms with E-state index in [9.17, 15) is 0 Å². The summed E-state index contributed by atoms with van der Waals surface area (Å²) < 4.78 is 2.35. The quantitative estimate of drug-likeness (QED) is 0.845. The molecule has 0 spiro atoms. The first kappa shape index (κ1) is 14.6. The zero-order valence-corrected chi connectivity index (χ0v) is 12.8. The average molecular weight is 263 g/mol. The first-order chi connectivity index (χ1) is 9.22. The second-order valence-corrected chi connectivity index (χ2v) is 6.14. The minimum Gasteiger partial charge on any atom is -0.310 e. The van der Waals surface area contributed by atoms with Crippen molar-refractivity contribution in [2.75, 3.05) is 0 Å². The Kier molecular flexibility index (Phi) is 5.44. The van der Waals surface area contributed by atoms with E-state index in [4.69, 9.17) is 5.10 Å². The van der Waals surface area contributed by atoms with Crippen LogP contribution in [-0.2, 0) is 13.0 Å². The van der Waals surface area contributed by atoms with Crippen LogP contribution in [0.5, 0.6) is 0 Å². The Bertz CT molecular complexity index is 375.